The number of aliphatic hydroxyl groups is 1. The Kier molecular flexibility index (Phi) is 34.7. The van der Waals surface area contributed by atoms with Crippen LogP contribution in [0.15, 0.2) is 64.7 Å². The molecule has 39 heteroatoms. The molecule has 38 nitrogen and oxygen atoms in total. The Hall–Kier alpha value is -10.8. The van der Waals surface area contributed by atoms with Gasteiger partial charge in [-0.1, -0.05) is 58.0 Å². The maximum absolute atomic E-state index is 14.6. The average molecular weight is 1490 g/mol. The van der Waals surface area contributed by atoms with Crippen LogP contribution < -0.4 is 93.3 Å². The van der Waals surface area contributed by atoms with Gasteiger partial charge in [0.05, 0.1) is 18.9 Å². The van der Waals surface area contributed by atoms with Crippen LogP contribution in [0.4, 0.5) is 0 Å². The fourth-order valence-electron chi connectivity index (χ4n) is 11.1. The lowest BCUT2D eigenvalue weighted by molar-refractivity contribution is -0.149. The van der Waals surface area contributed by atoms with E-state index in [1.807, 2.05) is 0 Å². The molecule has 13 atom stereocenters. The number of carboxylic acid groups (broad SMARTS) is 1. The number of aliphatic imine (C=N–C) groups is 2. The van der Waals surface area contributed by atoms with E-state index in [1.165, 1.54) is 56.9 Å². The summed E-state index contributed by atoms with van der Waals surface area (Å²) in [4.78, 5) is 205. The molecule has 0 spiro atoms. The quantitative estimate of drug-likeness (QED) is 0.0108. The lowest BCUT2D eigenvalue weighted by Crippen LogP contribution is -2.62. The number of hydrogen-bond donors (Lipinski definition) is 22. The van der Waals surface area contributed by atoms with Gasteiger partial charge in [0.2, 0.25) is 76.8 Å². The van der Waals surface area contributed by atoms with Gasteiger partial charge in [-0.3, -0.25) is 72.3 Å². The number of aliphatic hydroxyl groups excluding tert-OH is 1. The first-order valence-electron chi connectivity index (χ1n) is 34.0. The van der Waals surface area contributed by atoms with E-state index in [9.17, 15) is 82.4 Å². The summed E-state index contributed by atoms with van der Waals surface area (Å²) in [5.74, 6) is -16.7. The number of carboxylic acids is 1. The van der Waals surface area contributed by atoms with E-state index in [2.05, 4.69) is 80.8 Å². The van der Waals surface area contributed by atoms with Gasteiger partial charge < -0.3 is 119 Å². The third-order valence-corrected chi connectivity index (χ3v) is 17.1. The molecule has 578 valence electrons. The molecule has 4 rings (SSSR count). The van der Waals surface area contributed by atoms with Crippen molar-refractivity contribution in [1.29, 1.82) is 0 Å². The summed E-state index contributed by atoms with van der Waals surface area (Å²) in [5.41, 5.74) is 40.7. The van der Waals surface area contributed by atoms with Gasteiger partial charge in [-0.15, -0.1) is 0 Å². The summed E-state index contributed by atoms with van der Waals surface area (Å²) in [5, 5.41) is 55.6. The van der Waals surface area contributed by atoms with E-state index in [4.69, 9.17) is 40.1 Å². The highest BCUT2D eigenvalue weighted by atomic mass is 32.1. The van der Waals surface area contributed by atoms with Crippen LogP contribution in [0.3, 0.4) is 0 Å². The molecule has 105 heavy (non-hydrogen) atoms. The zero-order valence-corrected chi connectivity index (χ0v) is 60.2. The van der Waals surface area contributed by atoms with Crippen molar-refractivity contribution in [2.75, 3.05) is 25.4 Å². The number of aromatic amines is 1. The van der Waals surface area contributed by atoms with Crippen LogP contribution in [0, 0.1) is 11.8 Å². The van der Waals surface area contributed by atoms with Crippen molar-refractivity contribution in [1.82, 2.24) is 63.1 Å². The number of primary amides is 2. The third kappa shape index (κ3) is 28.4. The topological polar surface area (TPSA) is 646 Å². The van der Waals surface area contributed by atoms with Gasteiger partial charge in [-0.05, 0) is 100.0 Å². The first-order chi connectivity index (χ1) is 49.4. The van der Waals surface area contributed by atoms with E-state index in [0.717, 1.165) is 0 Å². The second-order valence-electron chi connectivity index (χ2n) is 26.2. The first-order valence-corrected chi connectivity index (χ1v) is 34.7. The van der Waals surface area contributed by atoms with Gasteiger partial charge in [-0.25, -0.2) is 4.79 Å². The lowest BCUT2D eigenvalue weighted by Gasteiger charge is -2.30. The van der Waals surface area contributed by atoms with E-state index < -0.39 is 192 Å². The van der Waals surface area contributed by atoms with Crippen LogP contribution >= 0.6 is 12.6 Å². The summed E-state index contributed by atoms with van der Waals surface area (Å²) in [6.45, 7) is 9.15. The summed E-state index contributed by atoms with van der Waals surface area (Å²) in [6.07, 6.45) is -1.70. The Bertz CT molecular complexity index is 3620. The fourth-order valence-corrected chi connectivity index (χ4v) is 11.4. The molecule has 0 bridgehead atoms. The molecule has 2 aromatic carbocycles. The van der Waals surface area contributed by atoms with Crippen LogP contribution in [0.5, 0.6) is 5.75 Å². The van der Waals surface area contributed by atoms with Crippen molar-refractivity contribution < 1.29 is 82.4 Å². The molecule has 1 aliphatic rings. The summed E-state index contributed by atoms with van der Waals surface area (Å²) >= 11 is 4.28. The number of likely N-dealkylation sites (tertiary alicyclic amines) is 1. The molecule has 0 saturated carbocycles. The lowest BCUT2D eigenvalue weighted by atomic mass is 10.0. The molecule has 1 fully saturated rings. The number of thiol groups is 1. The summed E-state index contributed by atoms with van der Waals surface area (Å²) in [7, 11) is 0. The van der Waals surface area contributed by atoms with Crippen molar-refractivity contribution in [2.45, 2.75) is 191 Å². The summed E-state index contributed by atoms with van der Waals surface area (Å²) < 4.78 is 0. The number of phenolic OH excluding ortho intramolecular Hbond substituents is 1. The molecule has 1 aliphatic heterocycles. The SMILES string of the molecule is CC(C)C[C@H](NC(=O)[C@H](CCCN=C(N)N)NC(=O)[C@H](CS)NC(=O)[C@@H](NC(=O)[C@H](CC(N)=O)NC(=O)[C@H](Cc1ccc(O)cc1)NC(=O)[C@H](CC(N)=O)NC(=O)[C@H](CCCN=C(N)N)NC(=O)[C@H](C)NC(=O)[C@H](Cc1c[nH]c2ccccc12)NC(=O)[C@@H](N)[C@@H](C)O)C(C)C)C(=O)N1CCC[C@H]1C(=O)O. The Morgan fingerprint density at radius 3 is 1.53 bits per heavy atom. The number of carbonyl (C=O) groups is 14. The Morgan fingerprint density at radius 2 is 1.02 bits per heavy atom. The molecule has 2 heterocycles. The van der Waals surface area contributed by atoms with Gasteiger partial charge in [0.15, 0.2) is 11.9 Å². The number of fused-ring (bicyclic) bond motifs is 1. The number of nitrogens with one attached hydrogen (secondary N) is 11. The number of aromatic hydroxyl groups is 1. The number of guanidine groups is 2. The minimum absolute atomic E-state index is 0.00438. The molecule has 28 N–H and O–H groups in total. The number of nitrogens with zero attached hydrogens (tertiary/aromatic N) is 3. The average Bonchev–Trinajstić information content (AvgIpc) is 1.68. The number of hydrogen-bond acceptors (Lipinski definition) is 20. The molecular formula is C66H101N21O17S. The van der Waals surface area contributed by atoms with Crippen molar-refractivity contribution in [3.8, 4) is 5.75 Å². The van der Waals surface area contributed by atoms with Crippen LogP contribution in [-0.2, 0) is 80.0 Å². The number of aliphatic carboxylic acids is 1. The second kappa shape index (κ2) is 42.1. The number of phenols is 1. The van der Waals surface area contributed by atoms with E-state index in [0.29, 0.717) is 22.9 Å². The van der Waals surface area contributed by atoms with Gasteiger partial charge in [0.25, 0.3) is 0 Å². The van der Waals surface area contributed by atoms with Crippen molar-refractivity contribution in [2.24, 2.45) is 62.0 Å². The molecule has 0 aliphatic carbocycles. The number of rotatable bonds is 43. The Balaban J connectivity index is 1.59. The second-order valence-corrected chi connectivity index (χ2v) is 26.6. The number of carbonyl (C=O) groups excluding carboxylic acids is 13. The Labute approximate surface area is 611 Å². The highest BCUT2D eigenvalue weighted by Crippen LogP contribution is 2.23. The number of para-hydroxylation sites is 1. The predicted molar refractivity (Wildman–Crippen MR) is 386 cm³/mol. The van der Waals surface area contributed by atoms with Gasteiger partial charge in [0, 0.05) is 55.3 Å². The molecule has 13 amide bonds. The van der Waals surface area contributed by atoms with Crippen molar-refractivity contribution >= 4 is 118 Å². The molecule has 0 radical (unpaired) electrons. The van der Waals surface area contributed by atoms with E-state index in [1.54, 1.807) is 44.3 Å². The zero-order chi connectivity index (χ0) is 78.5. The van der Waals surface area contributed by atoms with Crippen molar-refractivity contribution in [3.05, 3.63) is 65.9 Å². The van der Waals surface area contributed by atoms with Crippen LogP contribution in [-0.4, -0.2) is 224 Å². The van der Waals surface area contributed by atoms with Gasteiger partial charge >= 0.3 is 5.97 Å². The van der Waals surface area contributed by atoms with E-state index in [-0.39, 0.29) is 93.7 Å². The maximum Gasteiger partial charge on any atom is 0.326 e. The number of amides is 13. The monoisotopic (exact) mass is 1490 g/mol. The number of benzene rings is 2. The maximum atomic E-state index is 14.6. The molecular weight excluding hydrogens is 1390 g/mol. The van der Waals surface area contributed by atoms with E-state index >= 15 is 0 Å². The summed E-state index contributed by atoms with van der Waals surface area (Å²) in [6, 6.07) is -6.07. The highest BCUT2D eigenvalue weighted by Gasteiger charge is 2.41. The third-order valence-electron chi connectivity index (χ3n) is 16.8. The standard InChI is InChI=1S/C66H101N21O17S/c1-31(2)24-46(63(102)87-23-11-16-48(87)64(103)104)84-55(94)41(15-10-22-75-66(72)73)79-60(99)47(30-105)85-62(101)52(32(3)4)86-59(98)45(28-50(68)91)82-57(96)42(25-35-17-19-37(89)20-18-35)80-58(97)44(27-49(67)90)81-54(93)40(14-9-21-74-65(70)71)78-53(92)33(5)77-56(95)43(83-61(100)51(69)34(6)88)26-36-29-76-39-13-8-7-12-38(36)39/h7-8,12-13,17-20,29,31-34,40-48,51-52,76,88-89,105H,9-11,14-16,21-28,30,69H2,1-6H3,(H2,67,90)(H2,68,91)(H,77,95)(H,78,92)(H,79,99)(H,80,97)(H,81,93)(H,82,96)(H,83,100)(H,84,94)(H,85,101)(H,86,98)(H,103,104)(H4,70,71,74)(H4,72,73,75)/t33-,34+,40-,41-,42-,43-,44-,45-,46-,47-,48-,51-,52-/m0/s1. The zero-order valence-electron chi connectivity index (χ0n) is 59.4. The number of nitrogens with two attached hydrogens (primary N) is 7. The van der Waals surface area contributed by atoms with Crippen molar-refractivity contribution in [3.63, 3.8) is 0 Å². The molecule has 1 saturated heterocycles. The largest absolute Gasteiger partial charge is 0.508 e. The minimum atomic E-state index is -1.94. The fraction of sp³-hybridized carbons (Fsp3) is 0.545. The highest BCUT2D eigenvalue weighted by molar-refractivity contribution is 7.80. The van der Waals surface area contributed by atoms with Gasteiger partial charge in [-0.2, -0.15) is 12.6 Å². The molecule has 0 unspecified atom stereocenters. The van der Waals surface area contributed by atoms with Crippen LogP contribution in [0.2, 0.25) is 0 Å². The molecule has 3 aromatic rings. The predicted octanol–water partition coefficient (Wildman–Crippen LogP) is -6.20. The number of aromatic nitrogens is 1. The smallest absolute Gasteiger partial charge is 0.326 e. The van der Waals surface area contributed by atoms with Gasteiger partial charge in [0.1, 0.15) is 78.3 Å². The normalized spacial score (nSPS) is 16.1. The first kappa shape index (κ1) is 86.6. The van der Waals surface area contributed by atoms with Crippen LogP contribution in [0.25, 0.3) is 10.9 Å². The minimum Gasteiger partial charge on any atom is -0.508 e. The molecule has 1 aromatic heterocycles. The number of H-pyrrole nitrogens is 1. The van der Waals surface area contributed by atoms with Crippen LogP contribution in [0.1, 0.15) is 110 Å². The Morgan fingerprint density at radius 1 is 0.562 bits per heavy atom.